The van der Waals surface area contributed by atoms with Crippen LogP contribution in [0.25, 0.3) is 0 Å². The van der Waals surface area contributed by atoms with E-state index in [9.17, 15) is 10.2 Å². The van der Waals surface area contributed by atoms with Gasteiger partial charge in [0.1, 0.15) is 18.1 Å². The second-order valence-corrected chi connectivity index (χ2v) is 21.5. The fraction of sp³-hybridized carbons (Fsp3) is 0.603. The number of aliphatic hydroxyl groups excluding tert-OH is 2. The molecule has 0 bridgehead atoms. The number of rotatable bonds is 35. The first-order valence-electron chi connectivity index (χ1n) is 26.3. The molecule has 6 rings (SSSR count). The lowest BCUT2D eigenvalue weighted by atomic mass is 9.56. The van der Waals surface area contributed by atoms with Gasteiger partial charge in [-0.05, 0) is 91.2 Å². The van der Waals surface area contributed by atoms with Crippen LogP contribution < -0.4 is 9.47 Å². The highest BCUT2D eigenvalue weighted by Gasteiger charge is 2.64. The van der Waals surface area contributed by atoms with Crippen LogP contribution in [0.5, 0.6) is 11.5 Å². The number of allylic oxidation sites excluding steroid dienone is 1. The van der Waals surface area contributed by atoms with Crippen LogP contribution in [0.15, 0.2) is 113 Å². The van der Waals surface area contributed by atoms with Gasteiger partial charge in [0.25, 0.3) is 0 Å². The first kappa shape index (κ1) is 53.1. The molecular formula is C58H83NO6S2. The molecule has 3 aliphatic rings. The largest absolute Gasteiger partial charge is 0.493 e. The van der Waals surface area contributed by atoms with E-state index in [0.29, 0.717) is 26.2 Å². The first-order chi connectivity index (χ1) is 33.1. The Labute approximate surface area is 413 Å². The minimum atomic E-state index is -0.962. The van der Waals surface area contributed by atoms with Gasteiger partial charge in [-0.2, -0.15) is 11.8 Å². The maximum Gasteiger partial charge on any atom is 0.230 e. The van der Waals surface area contributed by atoms with E-state index in [1.54, 1.807) is 11.8 Å². The van der Waals surface area contributed by atoms with Crippen molar-refractivity contribution in [2.24, 2.45) is 22.9 Å². The molecule has 67 heavy (non-hydrogen) atoms. The van der Waals surface area contributed by atoms with Crippen LogP contribution in [0.4, 0.5) is 0 Å². The van der Waals surface area contributed by atoms with Crippen molar-refractivity contribution in [3.05, 3.63) is 114 Å². The topological polar surface area (TPSA) is 89.7 Å². The summed E-state index contributed by atoms with van der Waals surface area (Å²) in [6.07, 6.45) is 29.1. The average molecular weight is 954 g/mol. The third kappa shape index (κ3) is 16.2. The predicted octanol–water partition coefficient (Wildman–Crippen LogP) is 14.9. The van der Waals surface area contributed by atoms with Gasteiger partial charge < -0.3 is 29.3 Å². The Balaban J connectivity index is 1.26. The highest BCUT2D eigenvalue weighted by molar-refractivity contribution is 8.00. The second kappa shape index (κ2) is 30.4. The van der Waals surface area contributed by atoms with Gasteiger partial charge in [0, 0.05) is 41.8 Å². The zero-order chi connectivity index (χ0) is 46.8. The highest BCUT2D eigenvalue weighted by Crippen LogP contribution is 2.62. The zero-order valence-electron chi connectivity index (χ0n) is 40.8. The van der Waals surface area contributed by atoms with E-state index in [2.05, 4.69) is 74.2 Å². The predicted molar refractivity (Wildman–Crippen MR) is 282 cm³/mol. The summed E-state index contributed by atoms with van der Waals surface area (Å²) in [5, 5.41) is 25.0. The van der Waals surface area contributed by atoms with Crippen molar-refractivity contribution in [3.8, 4) is 11.5 Å². The summed E-state index contributed by atoms with van der Waals surface area (Å²) in [5.41, 5.74) is 4.39. The van der Waals surface area contributed by atoms with E-state index in [1.807, 2.05) is 42.1 Å². The lowest BCUT2D eigenvalue weighted by Gasteiger charge is -2.58. The number of oxime groups is 1. The maximum atomic E-state index is 10.0. The number of nitrogens with zero attached hydrogens (tertiary/aromatic N) is 1. The number of benzene rings is 3. The fourth-order valence-corrected chi connectivity index (χ4v) is 12.9. The van der Waals surface area contributed by atoms with Gasteiger partial charge in [-0.25, -0.2) is 0 Å². The van der Waals surface area contributed by atoms with Crippen molar-refractivity contribution < 1.29 is 29.3 Å². The van der Waals surface area contributed by atoms with Crippen molar-refractivity contribution in [1.82, 2.24) is 0 Å². The average Bonchev–Trinajstić information content (AvgIpc) is 3.35. The number of unbranched alkanes of at least 4 members (excludes halogenated alkanes) is 15. The molecule has 0 radical (unpaired) electrons. The quantitative estimate of drug-likeness (QED) is 0.0261. The molecule has 1 fully saturated rings. The SMILES string of the molecule is C=CCOC12Oc3ccc(OCCSc4ccccc4)cc3C3C(CCCCO)C(CCCCO)C=C(C(=NOCc4ccccc4)CC1SCCCCCCCCCCCCCCCC)C32. The van der Waals surface area contributed by atoms with Crippen LogP contribution in [0.3, 0.4) is 0 Å². The van der Waals surface area contributed by atoms with Crippen LogP contribution in [0, 0.1) is 17.8 Å². The molecule has 0 spiro atoms. The number of aliphatic hydroxyl groups is 2. The maximum absolute atomic E-state index is 10.0. The summed E-state index contributed by atoms with van der Waals surface area (Å²) < 4.78 is 21.2. The fourth-order valence-electron chi connectivity index (χ4n) is 10.7. The molecule has 2 aliphatic carbocycles. The Bertz CT molecular complexity index is 1890. The van der Waals surface area contributed by atoms with E-state index < -0.39 is 5.79 Å². The second-order valence-electron chi connectivity index (χ2n) is 19.0. The van der Waals surface area contributed by atoms with E-state index >= 15 is 0 Å². The third-order valence-corrected chi connectivity index (χ3v) is 16.4. The van der Waals surface area contributed by atoms with Gasteiger partial charge in [0.15, 0.2) is 0 Å². The molecule has 0 aromatic heterocycles. The molecule has 0 amide bonds. The number of hydrogen-bond acceptors (Lipinski definition) is 9. The Kier molecular flexibility index (Phi) is 24.1. The van der Waals surface area contributed by atoms with Gasteiger partial charge >= 0.3 is 0 Å². The summed E-state index contributed by atoms with van der Waals surface area (Å²) in [7, 11) is 0. The number of hydrogen-bond donors (Lipinski definition) is 2. The van der Waals surface area contributed by atoms with Crippen molar-refractivity contribution in [2.45, 2.75) is 170 Å². The smallest absolute Gasteiger partial charge is 0.230 e. The van der Waals surface area contributed by atoms with Crippen LogP contribution in [-0.4, -0.2) is 64.9 Å². The van der Waals surface area contributed by atoms with Crippen molar-refractivity contribution in [2.75, 3.05) is 37.9 Å². The monoisotopic (exact) mass is 954 g/mol. The van der Waals surface area contributed by atoms with Crippen LogP contribution in [0.1, 0.15) is 159 Å². The van der Waals surface area contributed by atoms with E-state index in [0.717, 1.165) is 84.8 Å². The van der Waals surface area contributed by atoms with Gasteiger partial charge in [-0.1, -0.05) is 169 Å². The molecule has 0 saturated heterocycles. The molecule has 2 N–H and O–H groups in total. The van der Waals surface area contributed by atoms with Crippen LogP contribution >= 0.6 is 23.5 Å². The molecule has 1 aliphatic heterocycles. The minimum absolute atomic E-state index is 0.0393. The Hall–Kier alpha value is -3.21. The Morgan fingerprint density at radius 3 is 2.09 bits per heavy atom. The molecule has 368 valence electrons. The van der Waals surface area contributed by atoms with E-state index in [1.165, 1.54) is 93.9 Å². The van der Waals surface area contributed by atoms with Gasteiger partial charge in [0.05, 0.1) is 30.1 Å². The third-order valence-electron chi connectivity index (χ3n) is 14.1. The molecule has 3 aromatic rings. The number of thioether (sulfide) groups is 2. The standard InChI is InChI=1S/C58H83NO6S2/c1-3-5-6-7-8-9-10-11-12-13-14-15-16-27-40-67-55-44-53(59-64-45-46-28-19-17-20-29-46)51-42-47(30-23-25-36-60)50(33-24-26-37-61)56-52-43-48(62-39-41-66-49-31-21-18-22-32-49)34-35-54(52)65-58(55,57(51)56)63-38-4-2/h4,17-22,28-29,31-32,34-35,42-43,47,50,55-57,60-61H,2-3,5-16,23-27,30,33,36-41,44-45H2,1H3. The van der Waals surface area contributed by atoms with Crippen molar-refractivity contribution in [1.29, 1.82) is 0 Å². The summed E-state index contributed by atoms with van der Waals surface area (Å²) >= 11 is 3.78. The van der Waals surface area contributed by atoms with Gasteiger partial charge in [-0.3, -0.25) is 0 Å². The minimum Gasteiger partial charge on any atom is -0.493 e. The molecule has 6 unspecified atom stereocenters. The van der Waals surface area contributed by atoms with E-state index in [4.69, 9.17) is 24.2 Å². The van der Waals surface area contributed by atoms with Crippen LogP contribution in [-0.2, 0) is 16.2 Å². The van der Waals surface area contributed by atoms with Gasteiger partial charge in [0.2, 0.25) is 5.79 Å². The van der Waals surface area contributed by atoms with Crippen molar-refractivity contribution in [3.63, 3.8) is 0 Å². The first-order valence-corrected chi connectivity index (χ1v) is 28.3. The summed E-state index contributed by atoms with van der Waals surface area (Å²) in [6.45, 7) is 8.13. The molecule has 6 atom stereocenters. The molecule has 7 nitrogen and oxygen atoms in total. The number of ether oxygens (including phenoxy) is 3. The Morgan fingerprint density at radius 1 is 0.761 bits per heavy atom. The number of fused-ring (bicyclic) bond motifs is 2. The lowest BCUT2D eigenvalue weighted by molar-refractivity contribution is -0.223. The molecule has 9 heteroatoms. The zero-order valence-corrected chi connectivity index (χ0v) is 42.5. The summed E-state index contributed by atoms with van der Waals surface area (Å²) in [4.78, 5) is 7.53. The summed E-state index contributed by atoms with van der Waals surface area (Å²) in [6, 6.07) is 27.2. The molecular weight excluding hydrogens is 871 g/mol. The molecule has 3 aromatic carbocycles. The van der Waals surface area contributed by atoms with Crippen molar-refractivity contribution >= 4 is 29.2 Å². The molecule has 1 heterocycles. The highest BCUT2D eigenvalue weighted by atomic mass is 32.2. The normalized spacial score (nSPS) is 22.4. The Morgan fingerprint density at radius 2 is 1.42 bits per heavy atom. The van der Waals surface area contributed by atoms with Crippen LogP contribution in [0.2, 0.25) is 0 Å². The summed E-state index contributed by atoms with van der Waals surface area (Å²) in [5.74, 6) is 2.97. The molecule has 1 saturated carbocycles. The van der Waals surface area contributed by atoms with E-state index in [-0.39, 0.29) is 42.1 Å². The van der Waals surface area contributed by atoms with Gasteiger partial charge in [-0.15, -0.1) is 18.3 Å². The lowest BCUT2D eigenvalue weighted by Crippen LogP contribution is -2.64.